The van der Waals surface area contributed by atoms with E-state index in [4.69, 9.17) is 0 Å². The van der Waals surface area contributed by atoms with Crippen LogP contribution in [0.5, 0.6) is 0 Å². The largest absolute Gasteiger partial charge is 0.273 e. The maximum atomic E-state index is 11.9. The van der Waals surface area contributed by atoms with Crippen LogP contribution in [0.1, 0.15) is 124 Å². The van der Waals surface area contributed by atoms with Gasteiger partial charge in [-0.1, -0.05) is 111 Å². The van der Waals surface area contributed by atoms with Crippen molar-refractivity contribution in [1.82, 2.24) is 5.01 Å². The van der Waals surface area contributed by atoms with Gasteiger partial charge in [0.05, 0.1) is 11.8 Å². The van der Waals surface area contributed by atoms with Gasteiger partial charge in [0, 0.05) is 6.42 Å². The zero-order valence-corrected chi connectivity index (χ0v) is 17.8. The maximum Gasteiger partial charge on any atom is 0.245 e. The number of hydrogen-bond acceptors (Lipinski definition) is 3. The number of hydrogen-bond donors (Lipinski definition) is 0. The van der Waals surface area contributed by atoms with E-state index in [0.717, 1.165) is 17.9 Å². The van der Waals surface area contributed by atoms with Crippen molar-refractivity contribution < 1.29 is 4.79 Å². The van der Waals surface area contributed by atoms with Gasteiger partial charge in [0.15, 0.2) is 0 Å². The van der Waals surface area contributed by atoms with E-state index in [9.17, 15) is 9.70 Å². The number of unbranched alkanes of at least 4 members (excludes halogenated alkanes) is 14. The molecule has 0 fully saturated rings. The van der Waals surface area contributed by atoms with E-state index >= 15 is 0 Å². The van der Waals surface area contributed by atoms with Crippen molar-refractivity contribution in [3.8, 4) is 0 Å². The molecule has 0 bridgehead atoms. The highest BCUT2D eigenvalue weighted by molar-refractivity contribution is 5.75. The summed E-state index contributed by atoms with van der Waals surface area (Å²) in [5.41, 5.74) is 0. The van der Waals surface area contributed by atoms with Gasteiger partial charge in [0.1, 0.15) is 0 Å². The Hall–Kier alpha value is -0.930. The predicted octanol–water partition coefficient (Wildman–Crippen LogP) is 7.41. The van der Waals surface area contributed by atoms with Crippen molar-refractivity contribution in [2.75, 3.05) is 6.54 Å². The number of nitroso groups, excluding NO2 is 1. The molecule has 0 aliphatic heterocycles. The highest BCUT2D eigenvalue weighted by Gasteiger charge is 2.14. The molecule has 0 heterocycles. The zero-order chi connectivity index (χ0) is 19.5. The highest BCUT2D eigenvalue weighted by Crippen LogP contribution is 2.14. The third-order valence-corrected chi connectivity index (χ3v) is 4.92. The highest BCUT2D eigenvalue weighted by atomic mass is 16.3. The molecule has 0 aromatic rings. The molecule has 154 valence electrons. The summed E-state index contributed by atoms with van der Waals surface area (Å²) in [6, 6.07) is 0. The summed E-state index contributed by atoms with van der Waals surface area (Å²) in [6.45, 7) is 6.67. The van der Waals surface area contributed by atoms with Crippen LogP contribution in [0.2, 0.25) is 0 Å². The minimum atomic E-state index is -0.122. The number of carbonyl (C=O) groups is 1. The molecular weight excluding hydrogens is 324 g/mol. The van der Waals surface area contributed by atoms with E-state index in [1.807, 2.05) is 13.8 Å². The van der Waals surface area contributed by atoms with Gasteiger partial charge in [-0.15, -0.1) is 4.91 Å². The van der Waals surface area contributed by atoms with Gasteiger partial charge >= 0.3 is 0 Å². The van der Waals surface area contributed by atoms with Crippen LogP contribution in [0.3, 0.4) is 0 Å². The molecule has 0 spiro atoms. The molecule has 0 rings (SSSR count). The van der Waals surface area contributed by atoms with Gasteiger partial charge in [-0.2, -0.15) is 5.01 Å². The second-order valence-electron chi connectivity index (χ2n) is 8.15. The molecule has 26 heavy (non-hydrogen) atoms. The average molecular weight is 369 g/mol. The summed E-state index contributed by atoms with van der Waals surface area (Å²) in [7, 11) is 0. The monoisotopic (exact) mass is 368 g/mol. The Morgan fingerprint density at radius 3 is 1.46 bits per heavy atom. The molecule has 0 aromatic heterocycles. The molecule has 0 aliphatic carbocycles. The van der Waals surface area contributed by atoms with Crippen LogP contribution >= 0.6 is 0 Å². The number of carbonyl (C=O) groups excluding carboxylic acids is 1. The molecule has 0 aromatic carbocycles. The van der Waals surface area contributed by atoms with Crippen molar-refractivity contribution in [2.45, 2.75) is 124 Å². The first-order chi connectivity index (χ1) is 12.6. The third-order valence-electron chi connectivity index (χ3n) is 4.92. The van der Waals surface area contributed by atoms with Crippen molar-refractivity contribution in [3.63, 3.8) is 0 Å². The minimum Gasteiger partial charge on any atom is -0.273 e. The molecule has 0 N–H and O–H groups in total. The Morgan fingerprint density at radius 1 is 0.731 bits per heavy atom. The molecule has 0 atom stereocenters. The lowest BCUT2D eigenvalue weighted by molar-refractivity contribution is -0.132. The molecule has 4 heteroatoms. The first-order valence-electron chi connectivity index (χ1n) is 11.3. The first kappa shape index (κ1) is 25.1. The number of rotatable bonds is 19. The Balaban J connectivity index is 3.31. The van der Waals surface area contributed by atoms with Crippen LogP contribution in [0.4, 0.5) is 0 Å². The number of amides is 1. The second-order valence-corrected chi connectivity index (χ2v) is 8.15. The normalized spacial score (nSPS) is 11.1. The Bertz CT molecular complexity index is 332. The molecule has 0 saturated heterocycles. The fraction of sp³-hybridized carbons (Fsp3) is 0.955. The summed E-state index contributed by atoms with van der Waals surface area (Å²) in [6.07, 6.45) is 20.2. The summed E-state index contributed by atoms with van der Waals surface area (Å²) < 4.78 is 0. The van der Waals surface area contributed by atoms with E-state index < -0.39 is 0 Å². The number of nitrogens with zero attached hydrogens (tertiary/aromatic N) is 2. The van der Waals surface area contributed by atoms with Crippen LogP contribution in [0, 0.1) is 10.8 Å². The van der Waals surface area contributed by atoms with Gasteiger partial charge < -0.3 is 0 Å². The molecule has 1 amide bonds. The van der Waals surface area contributed by atoms with E-state index in [2.05, 4.69) is 12.2 Å². The molecule has 0 saturated carbocycles. The Labute approximate surface area is 162 Å². The van der Waals surface area contributed by atoms with E-state index in [1.54, 1.807) is 0 Å². The molecular formula is C22H44N2O2. The second kappa shape index (κ2) is 18.8. The molecule has 0 radical (unpaired) electrons. The van der Waals surface area contributed by atoms with Crippen LogP contribution < -0.4 is 0 Å². The van der Waals surface area contributed by atoms with Crippen LogP contribution in [-0.2, 0) is 4.79 Å². The Kier molecular flexibility index (Phi) is 18.2. The average Bonchev–Trinajstić information content (AvgIpc) is 2.62. The lowest BCUT2D eigenvalue weighted by Gasteiger charge is -2.15. The van der Waals surface area contributed by atoms with Gasteiger partial charge in [-0.25, -0.2) is 0 Å². The van der Waals surface area contributed by atoms with E-state index in [-0.39, 0.29) is 11.8 Å². The van der Waals surface area contributed by atoms with Crippen LogP contribution in [0.25, 0.3) is 0 Å². The fourth-order valence-electron chi connectivity index (χ4n) is 3.30. The van der Waals surface area contributed by atoms with Crippen molar-refractivity contribution in [3.05, 3.63) is 4.91 Å². The summed E-state index contributed by atoms with van der Waals surface area (Å²) in [5, 5.41) is 3.94. The topological polar surface area (TPSA) is 49.7 Å². The van der Waals surface area contributed by atoms with Gasteiger partial charge in [0.25, 0.3) is 0 Å². The van der Waals surface area contributed by atoms with Crippen molar-refractivity contribution in [1.29, 1.82) is 0 Å². The van der Waals surface area contributed by atoms with Gasteiger partial charge in [-0.3, -0.25) is 4.79 Å². The Morgan fingerprint density at radius 2 is 1.12 bits per heavy atom. The van der Waals surface area contributed by atoms with Crippen molar-refractivity contribution in [2.24, 2.45) is 11.2 Å². The first-order valence-corrected chi connectivity index (χ1v) is 11.3. The maximum absolute atomic E-state index is 11.9. The third kappa shape index (κ3) is 16.5. The molecule has 0 unspecified atom stereocenters. The SMILES string of the molecule is CCCCCCCCCCCCCCCCCC(=O)N(CC(C)C)N=O. The fourth-order valence-corrected chi connectivity index (χ4v) is 3.30. The lowest BCUT2D eigenvalue weighted by Crippen LogP contribution is -2.28. The summed E-state index contributed by atoms with van der Waals surface area (Å²) in [4.78, 5) is 22.6. The van der Waals surface area contributed by atoms with Crippen LogP contribution in [-0.4, -0.2) is 17.5 Å². The summed E-state index contributed by atoms with van der Waals surface area (Å²) in [5.74, 6) is 0.154. The van der Waals surface area contributed by atoms with Gasteiger partial charge in [-0.05, 0) is 12.3 Å². The summed E-state index contributed by atoms with van der Waals surface area (Å²) >= 11 is 0. The standard InChI is InChI=1S/C22H44N2O2/c1-4-5-6-7-8-9-10-11-12-13-14-15-16-17-18-19-22(25)24(23-26)20-21(2)3/h21H,4-20H2,1-3H3. The molecule has 0 aliphatic rings. The predicted molar refractivity (Wildman–Crippen MR) is 112 cm³/mol. The smallest absolute Gasteiger partial charge is 0.245 e. The zero-order valence-electron chi connectivity index (χ0n) is 17.8. The van der Waals surface area contributed by atoms with Gasteiger partial charge in [0.2, 0.25) is 5.91 Å². The van der Waals surface area contributed by atoms with Crippen LogP contribution in [0.15, 0.2) is 5.29 Å². The molecule has 4 nitrogen and oxygen atoms in total. The van der Waals surface area contributed by atoms with E-state index in [1.165, 1.54) is 83.5 Å². The quantitative estimate of drug-likeness (QED) is 0.135. The minimum absolute atomic E-state index is 0.122. The lowest BCUT2D eigenvalue weighted by atomic mass is 10.0. The van der Waals surface area contributed by atoms with E-state index in [0.29, 0.717) is 13.0 Å². The van der Waals surface area contributed by atoms with Crippen molar-refractivity contribution >= 4 is 5.91 Å².